The van der Waals surface area contributed by atoms with Gasteiger partial charge in [0.25, 0.3) is 0 Å². The largest absolute Gasteiger partial charge is 0.481 e. The lowest BCUT2D eigenvalue weighted by atomic mass is 9.95. The molecule has 0 saturated carbocycles. The van der Waals surface area contributed by atoms with Crippen LogP contribution in [0.25, 0.3) is 0 Å². The van der Waals surface area contributed by atoms with Crippen molar-refractivity contribution >= 4 is 33.2 Å². The van der Waals surface area contributed by atoms with E-state index in [2.05, 4.69) is 15.9 Å². The Labute approximate surface area is 112 Å². The lowest BCUT2D eigenvalue weighted by Gasteiger charge is -2.11. The normalized spacial score (nSPS) is 12.3. The van der Waals surface area contributed by atoms with Crippen molar-refractivity contribution in [1.29, 1.82) is 0 Å². The van der Waals surface area contributed by atoms with Crippen molar-refractivity contribution in [3.8, 4) is 0 Å². The quantitative estimate of drug-likeness (QED) is 0.929. The van der Waals surface area contributed by atoms with Gasteiger partial charge in [-0.1, -0.05) is 34.1 Å². The minimum Gasteiger partial charge on any atom is -0.481 e. The van der Waals surface area contributed by atoms with Crippen molar-refractivity contribution in [2.24, 2.45) is 0 Å². The molecule has 0 radical (unpaired) electrons. The fourth-order valence-electron chi connectivity index (χ4n) is 1.70. The maximum atomic E-state index is 11.3. The second kappa shape index (κ2) is 5.47. The van der Waals surface area contributed by atoms with Gasteiger partial charge < -0.3 is 5.11 Å². The number of hydrogen-bond acceptors (Lipinski definition) is 2. The minimum atomic E-state index is -0.781. The van der Waals surface area contributed by atoms with Crippen LogP contribution < -0.4 is 0 Å². The molecule has 1 atom stereocenters. The van der Waals surface area contributed by atoms with E-state index >= 15 is 0 Å². The third-order valence-electron chi connectivity index (χ3n) is 2.53. The van der Waals surface area contributed by atoms with E-state index in [0.29, 0.717) is 6.42 Å². The van der Waals surface area contributed by atoms with Gasteiger partial charge in [0, 0.05) is 9.35 Å². The van der Waals surface area contributed by atoms with E-state index in [0.717, 1.165) is 14.9 Å². The summed E-state index contributed by atoms with van der Waals surface area (Å²) >= 11 is 4.96. The first-order chi connectivity index (χ1) is 8.16. The molecule has 2 rings (SSSR count). The van der Waals surface area contributed by atoms with Crippen molar-refractivity contribution in [2.45, 2.75) is 12.3 Å². The molecule has 1 heterocycles. The molecule has 2 aromatic rings. The molecule has 1 aromatic heterocycles. The highest BCUT2D eigenvalue weighted by atomic mass is 79.9. The Morgan fingerprint density at radius 1 is 1.35 bits per heavy atom. The molecular weight excluding hydrogens is 300 g/mol. The molecule has 0 aliphatic rings. The summed E-state index contributed by atoms with van der Waals surface area (Å²) in [5.41, 5.74) is 0.834. The van der Waals surface area contributed by atoms with Crippen molar-refractivity contribution in [2.75, 3.05) is 0 Å². The molecule has 0 fully saturated rings. The topological polar surface area (TPSA) is 37.3 Å². The number of aliphatic carboxylic acids is 1. The Bertz CT molecular complexity index is 508. The molecule has 4 heteroatoms. The first-order valence-electron chi connectivity index (χ1n) is 5.17. The van der Waals surface area contributed by atoms with Crippen LogP contribution in [0.2, 0.25) is 0 Å². The van der Waals surface area contributed by atoms with E-state index in [9.17, 15) is 9.90 Å². The van der Waals surface area contributed by atoms with Crippen LogP contribution in [0.15, 0.2) is 46.3 Å². The molecule has 1 aromatic carbocycles. The summed E-state index contributed by atoms with van der Waals surface area (Å²) in [6.07, 6.45) is 0.545. The van der Waals surface area contributed by atoms with Gasteiger partial charge in [0.2, 0.25) is 0 Å². The molecule has 1 N–H and O–H groups in total. The van der Waals surface area contributed by atoms with Crippen LogP contribution in [0, 0.1) is 0 Å². The van der Waals surface area contributed by atoms with Crippen molar-refractivity contribution in [3.05, 3.63) is 56.7 Å². The summed E-state index contributed by atoms with van der Waals surface area (Å²) < 4.78 is 0.910. The standard InChI is InChI=1S/C13H11BrO2S/c14-10-4-1-3-9(7-10)12(13(15)16)8-11-5-2-6-17-11/h1-7,12H,8H2,(H,15,16). The fraction of sp³-hybridized carbons (Fsp3) is 0.154. The van der Waals surface area contributed by atoms with Crippen LogP contribution in [0.5, 0.6) is 0 Å². The molecule has 1 unspecified atom stereocenters. The number of carboxylic acids is 1. The number of rotatable bonds is 4. The smallest absolute Gasteiger partial charge is 0.311 e. The molecular formula is C13H11BrO2S. The summed E-state index contributed by atoms with van der Waals surface area (Å²) in [7, 11) is 0. The van der Waals surface area contributed by atoms with E-state index in [-0.39, 0.29) is 0 Å². The van der Waals surface area contributed by atoms with E-state index in [4.69, 9.17) is 0 Å². The van der Waals surface area contributed by atoms with Gasteiger partial charge >= 0.3 is 5.97 Å². The predicted molar refractivity (Wildman–Crippen MR) is 72.5 cm³/mol. The second-order valence-electron chi connectivity index (χ2n) is 3.73. The van der Waals surface area contributed by atoms with Gasteiger partial charge in [-0.2, -0.15) is 0 Å². The Kier molecular flexibility index (Phi) is 3.97. The van der Waals surface area contributed by atoms with Gasteiger partial charge in [0.05, 0.1) is 5.92 Å². The van der Waals surface area contributed by atoms with E-state index < -0.39 is 11.9 Å². The van der Waals surface area contributed by atoms with E-state index in [1.165, 1.54) is 0 Å². The second-order valence-corrected chi connectivity index (χ2v) is 5.68. The minimum absolute atomic E-state index is 0.480. The molecule has 88 valence electrons. The molecule has 0 aliphatic carbocycles. The number of thiophene rings is 1. The zero-order chi connectivity index (χ0) is 12.3. The Morgan fingerprint density at radius 2 is 2.18 bits per heavy atom. The van der Waals surface area contributed by atoms with E-state index in [1.54, 1.807) is 11.3 Å². The highest BCUT2D eigenvalue weighted by molar-refractivity contribution is 9.10. The fourth-order valence-corrected chi connectivity index (χ4v) is 2.87. The number of halogens is 1. The Hall–Kier alpha value is -1.13. The highest BCUT2D eigenvalue weighted by Crippen LogP contribution is 2.25. The zero-order valence-electron chi connectivity index (χ0n) is 8.97. The highest BCUT2D eigenvalue weighted by Gasteiger charge is 2.20. The van der Waals surface area contributed by atoms with Crippen molar-refractivity contribution < 1.29 is 9.90 Å². The van der Waals surface area contributed by atoms with Gasteiger partial charge in [-0.05, 0) is 35.6 Å². The Morgan fingerprint density at radius 3 is 2.76 bits per heavy atom. The monoisotopic (exact) mass is 310 g/mol. The summed E-state index contributed by atoms with van der Waals surface area (Å²) in [5, 5.41) is 11.3. The van der Waals surface area contributed by atoms with Gasteiger partial charge in [-0.25, -0.2) is 0 Å². The third kappa shape index (κ3) is 3.17. The molecule has 2 nitrogen and oxygen atoms in total. The maximum Gasteiger partial charge on any atom is 0.311 e. The maximum absolute atomic E-state index is 11.3. The summed E-state index contributed by atoms with van der Waals surface area (Å²) in [6, 6.07) is 11.4. The molecule has 0 bridgehead atoms. The van der Waals surface area contributed by atoms with Crippen LogP contribution in [-0.2, 0) is 11.2 Å². The van der Waals surface area contributed by atoms with Gasteiger partial charge in [-0.3, -0.25) is 4.79 Å². The first-order valence-corrected chi connectivity index (χ1v) is 6.85. The van der Waals surface area contributed by atoms with Gasteiger partial charge in [0.15, 0.2) is 0 Å². The molecule has 0 spiro atoms. The van der Waals surface area contributed by atoms with Crippen LogP contribution in [0.3, 0.4) is 0 Å². The molecule has 0 aliphatic heterocycles. The average Bonchev–Trinajstić information content (AvgIpc) is 2.78. The van der Waals surface area contributed by atoms with Crippen LogP contribution in [0.1, 0.15) is 16.4 Å². The van der Waals surface area contributed by atoms with Gasteiger partial charge in [0.1, 0.15) is 0 Å². The van der Waals surface area contributed by atoms with Crippen molar-refractivity contribution in [3.63, 3.8) is 0 Å². The summed E-state index contributed by atoms with van der Waals surface area (Å²) in [6.45, 7) is 0. The van der Waals surface area contributed by atoms with E-state index in [1.807, 2.05) is 41.8 Å². The summed E-state index contributed by atoms with van der Waals surface area (Å²) in [5.74, 6) is -1.26. The number of carboxylic acid groups (broad SMARTS) is 1. The first kappa shape index (κ1) is 12.3. The lowest BCUT2D eigenvalue weighted by molar-refractivity contribution is -0.138. The van der Waals surface area contributed by atoms with Crippen molar-refractivity contribution in [1.82, 2.24) is 0 Å². The van der Waals surface area contributed by atoms with Crippen LogP contribution >= 0.6 is 27.3 Å². The predicted octanol–water partition coefficient (Wildman–Crippen LogP) is 3.92. The number of benzene rings is 1. The Balaban J connectivity index is 2.26. The molecule has 0 amide bonds. The van der Waals surface area contributed by atoms with Crippen LogP contribution in [-0.4, -0.2) is 11.1 Å². The molecule has 17 heavy (non-hydrogen) atoms. The number of carbonyl (C=O) groups is 1. The van der Waals surface area contributed by atoms with Gasteiger partial charge in [-0.15, -0.1) is 11.3 Å². The zero-order valence-corrected chi connectivity index (χ0v) is 11.4. The average molecular weight is 311 g/mol. The lowest BCUT2D eigenvalue weighted by Crippen LogP contribution is -2.13. The molecule has 0 saturated heterocycles. The summed E-state index contributed by atoms with van der Waals surface area (Å²) in [4.78, 5) is 12.4. The van der Waals surface area contributed by atoms with Crippen LogP contribution in [0.4, 0.5) is 0 Å². The third-order valence-corrected chi connectivity index (χ3v) is 3.93. The number of hydrogen-bond donors (Lipinski definition) is 1. The SMILES string of the molecule is O=C(O)C(Cc1cccs1)c1cccc(Br)c1.